The van der Waals surface area contributed by atoms with Crippen LogP contribution in [0.2, 0.25) is 0 Å². The number of hydrazine groups is 1. The third-order valence-corrected chi connectivity index (χ3v) is 4.17. The Kier molecular flexibility index (Phi) is 4.21. The normalized spacial score (nSPS) is 11.2. The number of rotatable bonds is 4. The number of nitrogens with zero attached hydrogens (tertiary/aromatic N) is 1. The van der Waals surface area contributed by atoms with E-state index < -0.39 is 15.8 Å². The highest BCUT2D eigenvalue weighted by atomic mass is 79.9. The molecule has 0 aliphatic carbocycles. The average molecular weight is 361 g/mol. The molecule has 20 heavy (non-hydrogen) atoms. The van der Waals surface area contributed by atoms with Gasteiger partial charge in [-0.2, -0.15) is 8.42 Å². The number of nitrogens with one attached hydrogen (secondary N) is 2. The van der Waals surface area contributed by atoms with E-state index in [0.717, 1.165) is 6.07 Å². The van der Waals surface area contributed by atoms with Crippen molar-refractivity contribution in [3.8, 4) is 0 Å². The molecule has 4 N–H and O–H groups in total. The van der Waals surface area contributed by atoms with E-state index in [4.69, 9.17) is 5.84 Å². The summed E-state index contributed by atoms with van der Waals surface area (Å²) in [6.45, 7) is 0. The van der Waals surface area contributed by atoms with Crippen molar-refractivity contribution in [2.24, 2.45) is 5.84 Å². The number of halogens is 2. The van der Waals surface area contributed by atoms with Gasteiger partial charge in [0.15, 0.2) is 0 Å². The van der Waals surface area contributed by atoms with E-state index >= 15 is 0 Å². The SMILES string of the molecule is NNc1cccnc1S(=O)(=O)Nc1cc(Br)ccc1F. The topological polar surface area (TPSA) is 97.1 Å². The summed E-state index contributed by atoms with van der Waals surface area (Å²) in [6, 6.07) is 6.88. The fraction of sp³-hybridized carbons (Fsp3) is 0. The molecule has 0 fully saturated rings. The molecule has 0 saturated carbocycles. The van der Waals surface area contributed by atoms with Crippen molar-refractivity contribution in [1.29, 1.82) is 0 Å². The Hall–Kier alpha value is -1.71. The van der Waals surface area contributed by atoms with Crippen molar-refractivity contribution in [1.82, 2.24) is 4.98 Å². The van der Waals surface area contributed by atoms with E-state index in [9.17, 15) is 12.8 Å². The van der Waals surface area contributed by atoms with E-state index in [1.807, 2.05) is 0 Å². The van der Waals surface area contributed by atoms with E-state index in [-0.39, 0.29) is 16.4 Å². The molecule has 2 aromatic rings. The molecule has 0 radical (unpaired) electrons. The van der Waals surface area contributed by atoms with Gasteiger partial charge in [-0.05, 0) is 30.3 Å². The third kappa shape index (κ3) is 3.06. The van der Waals surface area contributed by atoms with Gasteiger partial charge in [-0.15, -0.1) is 0 Å². The summed E-state index contributed by atoms with van der Waals surface area (Å²) in [5, 5.41) is -0.318. The Labute approximate surface area is 123 Å². The highest BCUT2D eigenvalue weighted by Crippen LogP contribution is 2.24. The first-order chi connectivity index (χ1) is 9.44. The van der Waals surface area contributed by atoms with E-state index in [1.54, 1.807) is 0 Å². The van der Waals surface area contributed by atoms with Gasteiger partial charge < -0.3 is 5.43 Å². The number of nitrogens with two attached hydrogens (primary N) is 1. The zero-order valence-electron chi connectivity index (χ0n) is 9.97. The number of hydrogen-bond acceptors (Lipinski definition) is 5. The first-order valence-electron chi connectivity index (χ1n) is 5.33. The lowest BCUT2D eigenvalue weighted by molar-refractivity contribution is 0.595. The van der Waals surface area contributed by atoms with E-state index in [0.29, 0.717) is 4.47 Å². The maximum atomic E-state index is 13.6. The zero-order valence-corrected chi connectivity index (χ0v) is 12.4. The Balaban J connectivity index is 2.43. The molecule has 0 amide bonds. The fourth-order valence-corrected chi connectivity index (χ4v) is 3.00. The van der Waals surface area contributed by atoms with Crippen molar-refractivity contribution < 1.29 is 12.8 Å². The van der Waals surface area contributed by atoms with Crippen LogP contribution in [0.25, 0.3) is 0 Å². The monoisotopic (exact) mass is 360 g/mol. The lowest BCUT2D eigenvalue weighted by atomic mass is 10.3. The predicted octanol–water partition coefficient (Wildman–Crippen LogP) is 2.07. The van der Waals surface area contributed by atoms with Crippen LogP contribution < -0.4 is 16.0 Å². The quantitative estimate of drug-likeness (QED) is 0.572. The molecule has 0 bridgehead atoms. The van der Waals surface area contributed by atoms with Crippen LogP contribution in [0.3, 0.4) is 0 Å². The Bertz CT molecular complexity index is 739. The van der Waals surface area contributed by atoms with Gasteiger partial charge in [0.25, 0.3) is 10.0 Å². The second-order valence-electron chi connectivity index (χ2n) is 3.73. The minimum atomic E-state index is -4.06. The van der Waals surface area contributed by atoms with Crippen LogP contribution in [0, 0.1) is 5.82 Å². The molecule has 0 aliphatic rings. The molecule has 0 unspecified atom stereocenters. The summed E-state index contributed by atoms with van der Waals surface area (Å²) < 4.78 is 40.6. The molecule has 9 heteroatoms. The van der Waals surface area contributed by atoms with Crippen LogP contribution in [0.15, 0.2) is 46.0 Å². The molecule has 6 nitrogen and oxygen atoms in total. The molecule has 1 aromatic heterocycles. The molecule has 2 rings (SSSR count). The zero-order chi connectivity index (χ0) is 14.8. The summed E-state index contributed by atoms with van der Waals surface area (Å²) in [5.41, 5.74) is 2.15. The van der Waals surface area contributed by atoms with E-state index in [2.05, 4.69) is 31.1 Å². The Morgan fingerprint density at radius 2 is 2.00 bits per heavy atom. The molecule has 1 aromatic carbocycles. The van der Waals surface area contributed by atoms with Crippen molar-refractivity contribution in [2.45, 2.75) is 5.03 Å². The van der Waals surface area contributed by atoms with Gasteiger partial charge in [-0.1, -0.05) is 15.9 Å². The first-order valence-corrected chi connectivity index (χ1v) is 7.61. The average Bonchev–Trinajstić information content (AvgIpc) is 2.42. The minimum Gasteiger partial charge on any atom is -0.321 e. The molecular weight excluding hydrogens is 351 g/mol. The molecule has 0 aliphatic heterocycles. The van der Waals surface area contributed by atoms with E-state index in [1.165, 1.54) is 30.5 Å². The fourth-order valence-electron chi connectivity index (χ4n) is 1.48. The second-order valence-corrected chi connectivity index (χ2v) is 6.24. The van der Waals surface area contributed by atoms with Crippen LogP contribution in [0.1, 0.15) is 0 Å². The van der Waals surface area contributed by atoms with Crippen molar-refractivity contribution in [2.75, 3.05) is 10.1 Å². The number of anilines is 2. The van der Waals surface area contributed by atoms with Crippen LogP contribution in [-0.2, 0) is 10.0 Å². The number of pyridine rings is 1. The second kappa shape index (κ2) is 5.73. The van der Waals surface area contributed by atoms with Gasteiger partial charge in [0.2, 0.25) is 5.03 Å². The van der Waals surface area contributed by atoms with Gasteiger partial charge >= 0.3 is 0 Å². The Morgan fingerprint density at radius 1 is 1.25 bits per heavy atom. The van der Waals surface area contributed by atoms with Crippen LogP contribution in [0.4, 0.5) is 15.8 Å². The van der Waals surface area contributed by atoms with Crippen molar-refractivity contribution in [3.05, 3.63) is 46.8 Å². The first kappa shape index (κ1) is 14.7. The van der Waals surface area contributed by atoms with Gasteiger partial charge in [0, 0.05) is 10.7 Å². The molecule has 1 heterocycles. The number of hydrogen-bond donors (Lipinski definition) is 3. The lowest BCUT2D eigenvalue weighted by Gasteiger charge is -2.11. The molecule has 106 valence electrons. The maximum absolute atomic E-state index is 13.6. The Morgan fingerprint density at radius 3 is 2.70 bits per heavy atom. The number of benzene rings is 1. The van der Waals surface area contributed by atoms with Gasteiger partial charge in [-0.25, -0.2) is 9.37 Å². The van der Waals surface area contributed by atoms with Gasteiger partial charge in [0.05, 0.1) is 11.4 Å². The molecule has 0 atom stereocenters. The third-order valence-electron chi connectivity index (χ3n) is 2.35. The van der Waals surface area contributed by atoms with Crippen molar-refractivity contribution >= 4 is 37.3 Å². The summed E-state index contributed by atoms with van der Waals surface area (Å²) in [6.07, 6.45) is 1.30. The highest BCUT2D eigenvalue weighted by Gasteiger charge is 2.21. The summed E-state index contributed by atoms with van der Waals surface area (Å²) in [5.74, 6) is 4.53. The summed E-state index contributed by atoms with van der Waals surface area (Å²) in [7, 11) is -4.06. The van der Waals surface area contributed by atoms with Crippen molar-refractivity contribution in [3.63, 3.8) is 0 Å². The number of sulfonamides is 1. The predicted molar refractivity (Wildman–Crippen MR) is 77.0 cm³/mol. The smallest absolute Gasteiger partial charge is 0.281 e. The van der Waals surface area contributed by atoms with Gasteiger partial charge in [0.1, 0.15) is 5.82 Å². The largest absolute Gasteiger partial charge is 0.321 e. The maximum Gasteiger partial charge on any atom is 0.281 e. The standard InChI is InChI=1S/C11H10BrFN4O2S/c12-7-3-4-8(13)10(6-7)17-20(18,19)11-9(16-14)2-1-5-15-11/h1-6,16-17H,14H2. The van der Waals surface area contributed by atoms with Crippen LogP contribution in [-0.4, -0.2) is 13.4 Å². The number of nitrogen functional groups attached to an aromatic ring is 1. The molecule has 0 saturated heterocycles. The number of aromatic nitrogens is 1. The minimum absolute atomic E-state index is 0.107. The highest BCUT2D eigenvalue weighted by molar-refractivity contribution is 9.10. The van der Waals surface area contributed by atoms with Gasteiger partial charge in [-0.3, -0.25) is 10.6 Å². The summed E-state index contributed by atoms with van der Waals surface area (Å²) >= 11 is 3.14. The summed E-state index contributed by atoms with van der Waals surface area (Å²) in [4.78, 5) is 3.74. The van der Waals surface area contributed by atoms with Crippen LogP contribution in [0.5, 0.6) is 0 Å². The molecular formula is C11H10BrFN4O2S. The lowest BCUT2D eigenvalue weighted by Crippen LogP contribution is -2.19. The molecule has 0 spiro atoms. The van der Waals surface area contributed by atoms with Crippen LogP contribution >= 0.6 is 15.9 Å².